The molecule has 0 aliphatic carbocycles. The summed E-state index contributed by atoms with van der Waals surface area (Å²) >= 11 is 0. The highest BCUT2D eigenvalue weighted by molar-refractivity contribution is 5.71. The van der Waals surface area contributed by atoms with Gasteiger partial charge in [0.05, 0.1) is 31.6 Å². The van der Waals surface area contributed by atoms with Crippen molar-refractivity contribution in [3.63, 3.8) is 0 Å². The van der Waals surface area contributed by atoms with Gasteiger partial charge in [0.1, 0.15) is 5.75 Å². The van der Waals surface area contributed by atoms with Gasteiger partial charge in [-0.3, -0.25) is 4.79 Å². The van der Waals surface area contributed by atoms with Crippen molar-refractivity contribution in [1.29, 1.82) is 0 Å². The zero-order valence-corrected chi connectivity index (χ0v) is 14.3. The fourth-order valence-electron chi connectivity index (χ4n) is 2.58. The Labute approximate surface area is 142 Å². The standard InChI is InChI=1S/C19H24N2O3/c1-13(15-6-4-5-7-18(15)23-2)21-17-10-8-14(12-16(17)20)9-11-19(22)24-3/h4-8,10,12-13,21H,9,11,20H2,1-3H3. The van der Waals surface area contributed by atoms with Crippen molar-refractivity contribution >= 4 is 17.3 Å². The largest absolute Gasteiger partial charge is 0.496 e. The molecule has 5 nitrogen and oxygen atoms in total. The Morgan fingerprint density at radius 3 is 2.62 bits per heavy atom. The number of nitrogens with one attached hydrogen (secondary N) is 1. The maximum Gasteiger partial charge on any atom is 0.305 e. The third kappa shape index (κ3) is 4.41. The monoisotopic (exact) mass is 328 g/mol. The smallest absolute Gasteiger partial charge is 0.305 e. The maximum absolute atomic E-state index is 11.2. The van der Waals surface area contributed by atoms with Crippen LogP contribution in [0.1, 0.15) is 30.5 Å². The summed E-state index contributed by atoms with van der Waals surface area (Å²) in [4.78, 5) is 11.2. The van der Waals surface area contributed by atoms with E-state index in [9.17, 15) is 4.79 Å². The maximum atomic E-state index is 11.2. The topological polar surface area (TPSA) is 73.6 Å². The van der Waals surface area contributed by atoms with Crippen LogP contribution in [-0.4, -0.2) is 20.2 Å². The molecule has 128 valence electrons. The lowest BCUT2D eigenvalue weighted by atomic mass is 10.0. The lowest BCUT2D eigenvalue weighted by Gasteiger charge is -2.20. The number of carbonyl (C=O) groups excluding carboxylic acids is 1. The fourth-order valence-corrected chi connectivity index (χ4v) is 2.58. The zero-order valence-electron chi connectivity index (χ0n) is 14.3. The molecule has 0 saturated carbocycles. The van der Waals surface area contributed by atoms with Gasteiger partial charge in [0.2, 0.25) is 0 Å². The molecule has 2 aromatic carbocycles. The first kappa shape index (κ1) is 17.7. The SMILES string of the molecule is COC(=O)CCc1ccc(NC(C)c2ccccc2OC)c(N)c1. The second-order valence-electron chi connectivity index (χ2n) is 5.61. The Balaban J connectivity index is 2.08. The van der Waals surface area contributed by atoms with Crippen molar-refractivity contribution in [2.75, 3.05) is 25.3 Å². The Morgan fingerprint density at radius 2 is 1.96 bits per heavy atom. The average molecular weight is 328 g/mol. The molecule has 0 saturated heterocycles. The first-order chi connectivity index (χ1) is 11.5. The second kappa shape index (κ2) is 8.24. The van der Waals surface area contributed by atoms with Gasteiger partial charge in [-0.1, -0.05) is 24.3 Å². The Bertz CT molecular complexity index is 701. The summed E-state index contributed by atoms with van der Waals surface area (Å²) in [6.07, 6.45) is 0.958. The highest BCUT2D eigenvalue weighted by Crippen LogP contribution is 2.30. The van der Waals surface area contributed by atoms with Gasteiger partial charge in [-0.15, -0.1) is 0 Å². The summed E-state index contributed by atoms with van der Waals surface area (Å²) in [5.74, 6) is 0.617. The van der Waals surface area contributed by atoms with Gasteiger partial charge < -0.3 is 20.5 Å². The number of hydrogen-bond donors (Lipinski definition) is 2. The van der Waals surface area contributed by atoms with Crippen molar-refractivity contribution in [3.8, 4) is 5.75 Å². The van der Waals surface area contributed by atoms with Crippen LogP contribution in [0.15, 0.2) is 42.5 Å². The van der Waals surface area contributed by atoms with Gasteiger partial charge >= 0.3 is 5.97 Å². The van der Waals surface area contributed by atoms with E-state index in [0.29, 0.717) is 18.5 Å². The molecule has 0 fully saturated rings. The third-order valence-corrected chi connectivity index (χ3v) is 3.94. The normalized spacial score (nSPS) is 11.6. The minimum atomic E-state index is -0.222. The van der Waals surface area contributed by atoms with E-state index in [4.69, 9.17) is 10.5 Å². The van der Waals surface area contributed by atoms with E-state index in [1.807, 2.05) is 42.5 Å². The van der Waals surface area contributed by atoms with E-state index >= 15 is 0 Å². The molecule has 2 rings (SSSR count). The highest BCUT2D eigenvalue weighted by atomic mass is 16.5. The van der Waals surface area contributed by atoms with Crippen LogP contribution in [0.4, 0.5) is 11.4 Å². The molecule has 0 amide bonds. The van der Waals surface area contributed by atoms with Crippen LogP contribution in [-0.2, 0) is 16.0 Å². The van der Waals surface area contributed by atoms with Gasteiger partial charge in [-0.2, -0.15) is 0 Å². The summed E-state index contributed by atoms with van der Waals surface area (Å²) < 4.78 is 10.1. The molecule has 2 aromatic rings. The Hall–Kier alpha value is -2.69. The van der Waals surface area contributed by atoms with Crippen molar-refractivity contribution in [2.24, 2.45) is 0 Å². The van der Waals surface area contributed by atoms with Gasteiger partial charge in [0.25, 0.3) is 0 Å². The van der Waals surface area contributed by atoms with Crippen LogP contribution in [0.3, 0.4) is 0 Å². The quantitative estimate of drug-likeness (QED) is 0.600. The summed E-state index contributed by atoms with van der Waals surface area (Å²) in [5, 5.41) is 3.41. The van der Waals surface area contributed by atoms with E-state index in [1.165, 1.54) is 7.11 Å². The Morgan fingerprint density at radius 1 is 1.21 bits per heavy atom. The lowest BCUT2D eigenvalue weighted by Crippen LogP contribution is -2.10. The first-order valence-corrected chi connectivity index (χ1v) is 7.89. The number of rotatable bonds is 7. The number of methoxy groups -OCH3 is 2. The predicted molar refractivity (Wildman–Crippen MR) is 96.2 cm³/mol. The molecule has 0 bridgehead atoms. The van der Waals surface area contributed by atoms with E-state index in [-0.39, 0.29) is 12.0 Å². The first-order valence-electron chi connectivity index (χ1n) is 7.89. The summed E-state index contributed by atoms with van der Waals surface area (Å²) in [7, 11) is 3.05. The zero-order chi connectivity index (χ0) is 17.5. The van der Waals surface area contributed by atoms with Gasteiger partial charge in [-0.25, -0.2) is 0 Å². The molecule has 3 N–H and O–H groups in total. The Kier molecular flexibility index (Phi) is 6.07. The van der Waals surface area contributed by atoms with Crippen molar-refractivity contribution in [2.45, 2.75) is 25.8 Å². The van der Waals surface area contributed by atoms with Crippen LogP contribution in [0.5, 0.6) is 5.75 Å². The van der Waals surface area contributed by atoms with E-state index in [0.717, 1.165) is 22.6 Å². The van der Waals surface area contributed by atoms with Gasteiger partial charge in [0, 0.05) is 12.0 Å². The molecule has 0 aromatic heterocycles. The predicted octanol–water partition coefficient (Wildman–Crippen LogP) is 3.56. The van der Waals surface area contributed by atoms with Gasteiger partial charge in [0.15, 0.2) is 0 Å². The van der Waals surface area contributed by atoms with E-state index < -0.39 is 0 Å². The van der Waals surface area contributed by atoms with Crippen molar-refractivity contribution in [3.05, 3.63) is 53.6 Å². The number of benzene rings is 2. The molecule has 0 aliphatic rings. The number of para-hydroxylation sites is 1. The molecule has 0 radical (unpaired) electrons. The fraction of sp³-hybridized carbons (Fsp3) is 0.316. The molecule has 1 unspecified atom stereocenters. The summed E-state index contributed by atoms with van der Waals surface area (Å²) in [6.45, 7) is 2.06. The van der Waals surface area contributed by atoms with Crippen molar-refractivity contribution < 1.29 is 14.3 Å². The van der Waals surface area contributed by atoms with Crippen LogP contribution in [0.25, 0.3) is 0 Å². The minimum absolute atomic E-state index is 0.0457. The second-order valence-corrected chi connectivity index (χ2v) is 5.61. The number of nitrogen functional groups attached to an aromatic ring is 1. The van der Waals surface area contributed by atoms with E-state index in [1.54, 1.807) is 7.11 Å². The molecule has 0 heterocycles. The number of anilines is 2. The number of aryl methyl sites for hydroxylation is 1. The number of nitrogens with two attached hydrogens (primary N) is 1. The molecule has 1 atom stereocenters. The van der Waals surface area contributed by atoms with Crippen LogP contribution in [0, 0.1) is 0 Å². The number of carbonyl (C=O) groups is 1. The molecule has 24 heavy (non-hydrogen) atoms. The molecular formula is C19H24N2O3. The van der Waals surface area contributed by atoms with E-state index in [2.05, 4.69) is 17.0 Å². The summed E-state index contributed by atoms with van der Waals surface area (Å²) in [6, 6.07) is 13.7. The van der Waals surface area contributed by atoms with Crippen LogP contribution < -0.4 is 15.8 Å². The van der Waals surface area contributed by atoms with Gasteiger partial charge in [-0.05, 0) is 37.1 Å². The molecule has 0 aliphatic heterocycles. The van der Waals surface area contributed by atoms with Crippen LogP contribution >= 0.6 is 0 Å². The molecule has 0 spiro atoms. The number of ether oxygens (including phenoxy) is 2. The average Bonchev–Trinajstić information content (AvgIpc) is 2.61. The summed E-state index contributed by atoms with van der Waals surface area (Å²) in [5.41, 5.74) is 9.73. The number of esters is 1. The third-order valence-electron chi connectivity index (χ3n) is 3.94. The number of hydrogen-bond acceptors (Lipinski definition) is 5. The minimum Gasteiger partial charge on any atom is -0.496 e. The molecule has 5 heteroatoms. The lowest BCUT2D eigenvalue weighted by molar-refractivity contribution is -0.140. The molecular weight excluding hydrogens is 304 g/mol. The van der Waals surface area contributed by atoms with Crippen molar-refractivity contribution in [1.82, 2.24) is 0 Å². The highest BCUT2D eigenvalue weighted by Gasteiger charge is 2.12. The van der Waals surface area contributed by atoms with Crippen LogP contribution in [0.2, 0.25) is 0 Å².